The maximum absolute atomic E-state index is 6.11. The summed E-state index contributed by atoms with van der Waals surface area (Å²) in [5.41, 5.74) is 4.13. The van der Waals surface area contributed by atoms with Gasteiger partial charge < -0.3 is 4.42 Å². The van der Waals surface area contributed by atoms with Crippen molar-refractivity contribution >= 4 is 56.3 Å². The van der Waals surface area contributed by atoms with E-state index < -0.39 is 0 Å². The number of fused-ring (bicyclic) bond motifs is 4. The molecule has 0 atom stereocenters. The molecule has 26 heavy (non-hydrogen) atoms. The van der Waals surface area contributed by atoms with Crippen LogP contribution in [0.15, 0.2) is 87.0 Å². The molecular weight excluding hydrogens is 362 g/mol. The third-order valence-electron chi connectivity index (χ3n) is 4.65. The number of furan rings is 1. The van der Waals surface area contributed by atoms with Gasteiger partial charge in [0.25, 0.3) is 5.52 Å². The van der Waals surface area contributed by atoms with Gasteiger partial charge in [-0.25, -0.2) is 0 Å². The largest absolute Gasteiger partial charge is 0.449 e. The summed E-state index contributed by atoms with van der Waals surface area (Å²) in [5, 5.41) is 3.08. The van der Waals surface area contributed by atoms with Crippen molar-refractivity contribution in [2.75, 3.05) is 0 Å². The van der Waals surface area contributed by atoms with E-state index in [1.54, 1.807) is 11.8 Å². The fourth-order valence-corrected chi connectivity index (χ4v) is 4.51. The highest BCUT2D eigenvalue weighted by molar-refractivity contribution is 7.99. The molecule has 0 amide bonds. The minimum absolute atomic E-state index is 0.752. The Labute approximate surface area is 160 Å². The highest BCUT2D eigenvalue weighted by Crippen LogP contribution is 2.36. The van der Waals surface area contributed by atoms with Gasteiger partial charge in [0, 0.05) is 26.9 Å². The molecule has 0 fully saturated rings. The summed E-state index contributed by atoms with van der Waals surface area (Å²) >= 11 is 7.75. The minimum atomic E-state index is 0.752. The number of para-hydroxylation sites is 1. The molecule has 0 saturated heterocycles. The van der Waals surface area contributed by atoms with Crippen LogP contribution in [0.25, 0.3) is 33.0 Å². The zero-order valence-corrected chi connectivity index (χ0v) is 15.6. The summed E-state index contributed by atoms with van der Waals surface area (Å²) in [6.07, 6.45) is 0. The van der Waals surface area contributed by atoms with Gasteiger partial charge in [-0.15, -0.1) is 0 Å². The molecule has 0 aliphatic heterocycles. The number of nitrogens with zero attached hydrogens (tertiary/aromatic N) is 1. The van der Waals surface area contributed by atoms with E-state index in [-0.39, 0.29) is 0 Å². The van der Waals surface area contributed by atoms with Gasteiger partial charge in [0.1, 0.15) is 12.6 Å². The molecule has 0 spiro atoms. The normalized spacial score (nSPS) is 11.6. The lowest BCUT2D eigenvalue weighted by Gasteiger charge is -2.06. The molecule has 2 aromatic heterocycles. The summed E-state index contributed by atoms with van der Waals surface area (Å²) in [4.78, 5) is 2.36. The second kappa shape index (κ2) is 6.04. The molecule has 3 aromatic carbocycles. The van der Waals surface area contributed by atoms with E-state index in [2.05, 4.69) is 41.9 Å². The molecule has 0 bridgehead atoms. The predicted molar refractivity (Wildman–Crippen MR) is 108 cm³/mol. The highest BCUT2D eigenvalue weighted by atomic mass is 35.5. The molecule has 2 nitrogen and oxygen atoms in total. The second-order valence-electron chi connectivity index (χ2n) is 6.26. The molecule has 2 heterocycles. The van der Waals surface area contributed by atoms with Gasteiger partial charge in [0.15, 0.2) is 5.58 Å². The first-order valence-corrected chi connectivity index (χ1v) is 9.56. The predicted octanol–water partition coefficient (Wildman–Crippen LogP) is 6.37. The average Bonchev–Trinajstić information content (AvgIpc) is 3.03. The molecule has 0 aliphatic rings. The molecule has 4 heteroatoms. The minimum Gasteiger partial charge on any atom is -0.449 e. The first kappa shape index (κ1) is 15.7. The number of hydrogen-bond donors (Lipinski definition) is 0. The quantitative estimate of drug-likeness (QED) is 0.333. The molecule has 126 valence electrons. The molecule has 0 saturated carbocycles. The summed E-state index contributed by atoms with van der Waals surface area (Å²) < 4.78 is 8.34. The van der Waals surface area contributed by atoms with Crippen LogP contribution in [0.1, 0.15) is 0 Å². The van der Waals surface area contributed by atoms with Gasteiger partial charge in [-0.05, 0) is 42.5 Å². The number of benzene rings is 3. The summed E-state index contributed by atoms with van der Waals surface area (Å²) in [6.45, 7) is 0. The zero-order chi connectivity index (χ0) is 17.7. The van der Waals surface area contributed by atoms with Crippen LogP contribution in [0.3, 0.4) is 0 Å². The second-order valence-corrected chi connectivity index (χ2v) is 7.81. The molecule has 0 unspecified atom stereocenters. The number of hydrogen-bond acceptors (Lipinski definition) is 2. The number of aryl methyl sites for hydroxylation is 1. The van der Waals surface area contributed by atoms with Gasteiger partial charge in [-0.2, -0.15) is 4.57 Å². The van der Waals surface area contributed by atoms with Crippen molar-refractivity contribution in [2.24, 2.45) is 7.05 Å². The van der Waals surface area contributed by atoms with Crippen LogP contribution >= 0.6 is 23.4 Å². The fourth-order valence-electron chi connectivity index (χ4n) is 3.43. The van der Waals surface area contributed by atoms with Crippen LogP contribution in [0.4, 0.5) is 0 Å². The van der Waals surface area contributed by atoms with Crippen LogP contribution < -0.4 is 4.57 Å². The Morgan fingerprint density at radius 1 is 0.846 bits per heavy atom. The van der Waals surface area contributed by atoms with E-state index in [0.29, 0.717) is 0 Å². The van der Waals surface area contributed by atoms with Crippen molar-refractivity contribution in [3.63, 3.8) is 0 Å². The van der Waals surface area contributed by atoms with Crippen molar-refractivity contribution in [1.82, 2.24) is 0 Å². The van der Waals surface area contributed by atoms with Crippen LogP contribution in [-0.2, 0) is 7.05 Å². The Bertz CT molecular complexity index is 1270. The van der Waals surface area contributed by atoms with Crippen LogP contribution in [-0.4, -0.2) is 0 Å². The monoisotopic (exact) mass is 376 g/mol. The Morgan fingerprint density at radius 2 is 1.65 bits per heavy atom. The maximum atomic E-state index is 6.11. The van der Waals surface area contributed by atoms with Crippen LogP contribution in [0.2, 0.25) is 5.02 Å². The third-order valence-corrected chi connectivity index (χ3v) is 5.99. The van der Waals surface area contributed by atoms with Crippen molar-refractivity contribution in [1.29, 1.82) is 0 Å². The van der Waals surface area contributed by atoms with E-state index >= 15 is 0 Å². The lowest BCUT2D eigenvalue weighted by molar-refractivity contribution is -0.617. The third kappa shape index (κ3) is 2.47. The van der Waals surface area contributed by atoms with Crippen molar-refractivity contribution < 1.29 is 8.98 Å². The Balaban J connectivity index is 1.76. The number of pyridine rings is 1. The van der Waals surface area contributed by atoms with Crippen LogP contribution in [0, 0.1) is 0 Å². The Kier molecular flexibility index (Phi) is 3.66. The van der Waals surface area contributed by atoms with Crippen LogP contribution in [0.5, 0.6) is 0 Å². The van der Waals surface area contributed by atoms with E-state index in [9.17, 15) is 0 Å². The van der Waals surface area contributed by atoms with E-state index in [1.165, 1.54) is 15.8 Å². The molecule has 0 N–H and O–H groups in total. The summed E-state index contributed by atoms with van der Waals surface area (Å²) in [5.74, 6) is 0. The average molecular weight is 377 g/mol. The van der Waals surface area contributed by atoms with Gasteiger partial charge in [0.05, 0.1) is 10.8 Å². The lowest BCUT2D eigenvalue weighted by atomic mass is 10.1. The Morgan fingerprint density at radius 3 is 2.50 bits per heavy atom. The van der Waals surface area contributed by atoms with Gasteiger partial charge in [-0.3, -0.25) is 0 Å². The van der Waals surface area contributed by atoms with Crippen molar-refractivity contribution in [2.45, 2.75) is 9.79 Å². The molecule has 0 radical (unpaired) electrons. The van der Waals surface area contributed by atoms with Gasteiger partial charge in [0.2, 0.25) is 5.52 Å². The zero-order valence-electron chi connectivity index (χ0n) is 14.1. The first-order valence-electron chi connectivity index (χ1n) is 8.37. The fraction of sp³-hybridized carbons (Fsp3) is 0.0455. The van der Waals surface area contributed by atoms with Crippen molar-refractivity contribution in [3.05, 3.63) is 77.8 Å². The van der Waals surface area contributed by atoms with E-state index in [1.807, 2.05) is 42.5 Å². The molecular formula is C22H15ClNOS+. The molecule has 0 aliphatic carbocycles. The number of rotatable bonds is 2. The highest BCUT2D eigenvalue weighted by Gasteiger charge is 2.20. The van der Waals surface area contributed by atoms with Crippen molar-refractivity contribution in [3.8, 4) is 0 Å². The standard InChI is InChI=1S/C22H15ClNOS/c1-24-18-6-4-8-21(26-15-11-9-14(23)10-12-15)17(18)13-20-22(24)16-5-2-3-7-19(16)25-20/h2-13H,1H3/q+1. The summed E-state index contributed by atoms with van der Waals surface area (Å²) in [6, 6.07) is 24.7. The summed E-state index contributed by atoms with van der Waals surface area (Å²) in [7, 11) is 2.10. The Hall–Kier alpha value is -2.49. The van der Waals surface area contributed by atoms with E-state index in [4.69, 9.17) is 16.0 Å². The van der Waals surface area contributed by atoms with Gasteiger partial charge in [-0.1, -0.05) is 41.6 Å². The number of halogens is 1. The first-order chi connectivity index (χ1) is 12.7. The maximum Gasteiger partial charge on any atom is 0.259 e. The molecule has 5 aromatic rings. The van der Waals surface area contributed by atoms with E-state index in [0.717, 1.165) is 32.0 Å². The SMILES string of the molecule is C[n+]1c2cccc(Sc3ccc(Cl)cc3)c2cc2oc3ccccc3c21. The smallest absolute Gasteiger partial charge is 0.259 e. The topological polar surface area (TPSA) is 17.0 Å². The molecule has 5 rings (SSSR count). The lowest BCUT2D eigenvalue weighted by Crippen LogP contribution is -2.29. The number of aromatic nitrogens is 1. The van der Waals surface area contributed by atoms with Gasteiger partial charge >= 0.3 is 0 Å².